The Morgan fingerprint density at radius 3 is 2.46 bits per heavy atom. The minimum absolute atomic E-state index is 0.169. The van der Waals surface area contributed by atoms with Gasteiger partial charge in [-0.2, -0.15) is 0 Å². The fourth-order valence-electron chi connectivity index (χ4n) is 6.28. The second-order valence-electron chi connectivity index (χ2n) is 10.5. The number of carbonyl (C=O) groups is 1. The number of piperidine rings is 1. The van der Waals surface area contributed by atoms with Crippen molar-refractivity contribution in [1.82, 2.24) is 14.4 Å². The van der Waals surface area contributed by atoms with E-state index in [0.29, 0.717) is 11.9 Å². The third kappa shape index (κ3) is 4.71. The molecule has 2 aliphatic heterocycles. The minimum atomic E-state index is 0.169. The molecule has 0 radical (unpaired) electrons. The molecule has 0 unspecified atom stereocenters. The van der Waals surface area contributed by atoms with Gasteiger partial charge < -0.3 is 14.4 Å². The Balaban J connectivity index is 1.18. The van der Waals surface area contributed by atoms with Gasteiger partial charge in [0.2, 0.25) is 5.91 Å². The van der Waals surface area contributed by atoms with Crippen molar-refractivity contribution >= 4 is 22.5 Å². The van der Waals surface area contributed by atoms with Gasteiger partial charge in [-0.1, -0.05) is 30.3 Å². The fraction of sp³-hybridized carbons (Fsp3) is 0.500. The highest BCUT2D eigenvalue weighted by Crippen LogP contribution is 2.30. The van der Waals surface area contributed by atoms with Crippen molar-refractivity contribution in [2.75, 3.05) is 37.6 Å². The van der Waals surface area contributed by atoms with Gasteiger partial charge in [-0.05, 0) is 83.0 Å². The summed E-state index contributed by atoms with van der Waals surface area (Å²) < 4.78 is 2.43. The highest BCUT2D eigenvalue weighted by atomic mass is 16.2. The third-order valence-corrected chi connectivity index (χ3v) is 8.27. The highest BCUT2D eigenvalue weighted by molar-refractivity contribution is 5.85. The molecule has 0 N–H and O–H groups in total. The molecule has 5 nitrogen and oxygen atoms in total. The van der Waals surface area contributed by atoms with E-state index >= 15 is 0 Å². The van der Waals surface area contributed by atoms with Crippen molar-refractivity contribution < 1.29 is 4.79 Å². The molecular formula is C30H40N4O. The maximum Gasteiger partial charge on any atom is 0.225 e. The molecule has 1 atom stereocenters. The number of amides is 1. The van der Waals surface area contributed by atoms with Gasteiger partial charge in [0.05, 0.1) is 0 Å². The fourth-order valence-corrected chi connectivity index (χ4v) is 6.28. The van der Waals surface area contributed by atoms with Crippen LogP contribution in [0, 0.1) is 19.8 Å². The van der Waals surface area contributed by atoms with Gasteiger partial charge in [-0.15, -0.1) is 0 Å². The van der Waals surface area contributed by atoms with E-state index in [2.05, 4.69) is 95.5 Å². The first-order valence-corrected chi connectivity index (χ1v) is 13.4. The summed E-state index contributed by atoms with van der Waals surface area (Å²) in [5.41, 5.74) is 6.74. The number of aromatic nitrogens is 1. The number of likely N-dealkylation sites (tertiary alicyclic amines) is 1. The van der Waals surface area contributed by atoms with E-state index in [1.54, 1.807) is 0 Å². The zero-order valence-electron chi connectivity index (χ0n) is 21.8. The summed E-state index contributed by atoms with van der Waals surface area (Å²) in [6, 6.07) is 17.8. The number of fused-ring (bicyclic) bond motifs is 1. The van der Waals surface area contributed by atoms with Crippen molar-refractivity contribution in [2.45, 2.75) is 59.7 Å². The topological polar surface area (TPSA) is 31.7 Å². The van der Waals surface area contributed by atoms with Gasteiger partial charge in [0.25, 0.3) is 0 Å². The predicted octanol–water partition coefficient (Wildman–Crippen LogP) is 5.23. The smallest absolute Gasteiger partial charge is 0.225 e. The van der Waals surface area contributed by atoms with Gasteiger partial charge in [0, 0.05) is 67.0 Å². The van der Waals surface area contributed by atoms with E-state index in [1.165, 1.54) is 33.4 Å². The van der Waals surface area contributed by atoms with E-state index in [-0.39, 0.29) is 5.92 Å². The second-order valence-corrected chi connectivity index (χ2v) is 10.5. The third-order valence-electron chi connectivity index (χ3n) is 8.27. The molecule has 0 spiro atoms. The Bertz CT molecular complexity index is 1190. The number of benzene rings is 2. The first-order valence-electron chi connectivity index (χ1n) is 13.4. The Kier molecular flexibility index (Phi) is 6.88. The molecule has 2 fully saturated rings. The van der Waals surface area contributed by atoms with Gasteiger partial charge in [0.15, 0.2) is 0 Å². The maximum atomic E-state index is 13.4. The monoisotopic (exact) mass is 472 g/mol. The molecule has 0 saturated carbocycles. The Morgan fingerprint density at radius 2 is 1.74 bits per heavy atom. The Hall–Kier alpha value is -2.79. The normalized spacial score (nSPS) is 20.1. The molecule has 5 heteroatoms. The SMILES string of the molecule is CCn1c(C)c(CN2CCC(C(=O)N3CCN(c4cccc(C)c4)[C@H](C)C3)CC2)c2ccccc21. The summed E-state index contributed by atoms with van der Waals surface area (Å²) in [4.78, 5) is 20.6. The number of piperazine rings is 1. The summed E-state index contributed by atoms with van der Waals surface area (Å²) in [6.07, 6.45) is 1.94. The number of carbonyl (C=O) groups excluding carboxylic acids is 1. The van der Waals surface area contributed by atoms with E-state index in [0.717, 1.165) is 58.7 Å². The first kappa shape index (κ1) is 23.9. The van der Waals surface area contributed by atoms with Crippen LogP contribution in [-0.2, 0) is 17.9 Å². The van der Waals surface area contributed by atoms with E-state index in [9.17, 15) is 4.79 Å². The largest absolute Gasteiger partial charge is 0.365 e. The second kappa shape index (κ2) is 10.1. The number of hydrogen-bond donors (Lipinski definition) is 0. The Labute approximate surface area is 210 Å². The zero-order valence-corrected chi connectivity index (χ0v) is 21.8. The molecular weight excluding hydrogens is 432 g/mol. The van der Waals surface area contributed by atoms with Gasteiger partial charge in [-0.25, -0.2) is 0 Å². The average Bonchev–Trinajstić information content (AvgIpc) is 3.14. The van der Waals surface area contributed by atoms with Crippen LogP contribution in [0.5, 0.6) is 0 Å². The van der Waals surface area contributed by atoms with E-state index in [4.69, 9.17) is 0 Å². The van der Waals surface area contributed by atoms with Crippen LogP contribution in [0.3, 0.4) is 0 Å². The summed E-state index contributed by atoms with van der Waals surface area (Å²) in [7, 11) is 0. The number of rotatable bonds is 5. The average molecular weight is 473 g/mol. The van der Waals surface area contributed by atoms with Crippen molar-refractivity contribution in [3.05, 3.63) is 65.4 Å². The first-order chi connectivity index (χ1) is 17.0. The molecule has 3 heterocycles. The van der Waals surface area contributed by atoms with Crippen LogP contribution in [-0.4, -0.2) is 59.0 Å². The molecule has 2 aromatic carbocycles. The van der Waals surface area contributed by atoms with E-state index in [1.807, 2.05) is 0 Å². The molecule has 0 aliphatic carbocycles. The predicted molar refractivity (Wildman–Crippen MR) is 145 cm³/mol. The molecule has 1 aromatic heterocycles. The van der Waals surface area contributed by atoms with Crippen molar-refractivity contribution in [2.24, 2.45) is 5.92 Å². The quantitative estimate of drug-likeness (QED) is 0.510. The van der Waals surface area contributed by atoms with Crippen molar-refractivity contribution in [3.8, 4) is 0 Å². The highest BCUT2D eigenvalue weighted by Gasteiger charge is 2.33. The van der Waals surface area contributed by atoms with Crippen LogP contribution in [0.4, 0.5) is 5.69 Å². The maximum absolute atomic E-state index is 13.4. The lowest BCUT2D eigenvalue weighted by atomic mass is 9.94. The zero-order chi connectivity index (χ0) is 24.5. The van der Waals surface area contributed by atoms with Crippen LogP contribution >= 0.6 is 0 Å². The summed E-state index contributed by atoms with van der Waals surface area (Å²) in [6.45, 7) is 15.4. The minimum Gasteiger partial charge on any atom is -0.365 e. The standard InChI is InChI=1S/C30H40N4O/c1-5-33-24(4)28(27-11-6-7-12-29(27)33)21-31-15-13-25(14-16-31)30(35)32-17-18-34(23(3)20-32)26-10-8-9-22(2)19-26/h6-12,19,23,25H,5,13-18,20-21H2,1-4H3/t23-/m1/s1. The molecule has 2 saturated heterocycles. The molecule has 3 aromatic rings. The molecule has 5 rings (SSSR count). The summed E-state index contributed by atoms with van der Waals surface area (Å²) in [5.74, 6) is 0.543. The number of nitrogens with zero attached hydrogens (tertiary/aromatic N) is 4. The summed E-state index contributed by atoms with van der Waals surface area (Å²) in [5, 5.41) is 1.38. The molecule has 2 aliphatic rings. The lowest BCUT2D eigenvalue weighted by Crippen LogP contribution is -2.55. The van der Waals surface area contributed by atoms with Crippen LogP contribution < -0.4 is 4.90 Å². The molecule has 186 valence electrons. The molecule has 1 amide bonds. The van der Waals surface area contributed by atoms with Gasteiger partial charge >= 0.3 is 0 Å². The van der Waals surface area contributed by atoms with Gasteiger partial charge in [0.1, 0.15) is 0 Å². The van der Waals surface area contributed by atoms with Crippen molar-refractivity contribution in [1.29, 1.82) is 0 Å². The lowest BCUT2D eigenvalue weighted by molar-refractivity contribution is -0.137. The summed E-state index contributed by atoms with van der Waals surface area (Å²) >= 11 is 0. The van der Waals surface area contributed by atoms with Crippen LogP contribution in [0.15, 0.2) is 48.5 Å². The van der Waals surface area contributed by atoms with Crippen molar-refractivity contribution in [3.63, 3.8) is 0 Å². The molecule has 35 heavy (non-hydrogen) atoms. The number of aryl methyl sites for hydroxylation is 2. The Morgan fingerprint density at radius 1 is 0.971 bits per heavy atom. The van der Waals surface area contributed by atoms with E-state index < -0.39 is 0 Å². The van der Waals surface area contributed by atoms with Gasteiger partial charge in [-0.3, -0.25) is 9.69 Å². The molecule has 0 bridgehead atoms. The van der Waals surface area contributed by atoms with Crippen LogP contribution in [0.2, 0.25) is 0 Å². The van der Waals surface area contributed by atoms with Crippen LogP contribution in [0.1, 0.15) is 43.5 Å². The number of hydrogen-bond acceptors (Lipinski definition) is 3. The van der Waals surface area contributed by atoms with Crippen LogP contribution in [0.25, 0.3) is 10.9 Å². The number of anilines is 1. The number of para-hydroxylation sites is 1. The lowest BCUT2D eigenvalue weighted by Gasteiger charge is -2.43.